The highest BCUT2D eigenvalue weighted by molar-refractivity contribution is 5.51. The number of nitrogens with one attached hydrogen (secondary N) is 1. The maximum absolute atomic E-state index is 10.8. The van der Waals surface area contributed by atoms with Crippen molar-refractivity contribution in [1.82, 2.24) is 0 Å². The average Bonchev–Trinajstić information content (AvgIpc) is 2.52. The quantitative estimate of drug-likeness (QED) is 0.622. The highest BCUT2D eigenvalue weighted by Crippen LogP contribution is 2.19. The molecule has 5 nitrogen and oxygen atoms in total. The number of benzene rings is 2. The van der Waals surface area contributed by atoms with Crippen LogP contribution in [0.4, 0.5) is 11.4 Å². The van der Waals surface area contributed by atoms with Gasteiger partial charge in [-0.05, 0) is 18.6 Å². The number of nitro benzene ring substituents is 1. The average molecular weight is 286 g/mol. The number of anilines is 1. The van der Waals surface area contributed by atoms with Crippen molar-refractivity contribution in [1.29, 1.82) is 0 Å². The molecular weight excluding hydrogens is 268 g/mol. The second-order valence-corrected chi connectivity index (χ2v) is 4.57. The lowest BCUT2D eigenvalue weighted by Crippen LogP contribution is -2.04. The number of nitro groups is 1. The minimum atomic E-state index is -0.382. The van der Waals surface area contributed by atoms with Crippen LogP contribution >= 0.6 is 0 Å². The van der Waals surface area contributed by atoms with Crippen LogP contribution in [0.15, 0.2) is 48.5 Å². The molecule has 21 heavy (non-hydrogen) atoms. The molecule has 0 bridgehead atoms. The SMILES string of the molecule is CCOCc1ccccc1NCc1cccc([N+](=O)[O-])c1. The van der Waals surface area contributed by atoms with E-state index in [0.29, 0.717) is 19.8 Å². The maximum Gasteiger partial charge on any atom is 0.269 e. The van der Waals surface area contributed by atoms with Crippen LogP contribution in [-0.4, -0.2) is 11.5 Å². The third-order valence-corrected chi connectivity index (χ3v) is 3.08. The van der Waals surface area contributed by atoms with E-state index < -0.39 is 0 Å². The Bertz CT molecular complexity index is 614. The van der Waals surface area contributed by atoms with E-state index in [-0.39, 0.29) is 10.6 Å². The molecule has 0 spiro atoms. The van der Waals surface area contributed by atoms with Gasteiger partial charge in [0.2, 0.25) is 0 Å². The third kappa shape index (κ3) is 4.29. The van der Waals surface area contributed by atoms with Crippen LogP contribution in [0, 0.1) is 10.1 Å². The van der Waals surface area contributed by atoms with E-state index in [0.717, 1.165) is 16.8 Å². The number of rotatable bonds is 7. The Morgan fingerprint density at radius 2 is 2.00 bits per heavy atom. The zero-order valence-electron chi connectivity index (χ0n) is 11.9. The van der Waals surface area contributed by atoms with Crippen molar-refractivity contribution in [2.24, 2.45) is 0 Å². The van der Waals surface area contributed by atoms with Crippen molar-refractivity contribution in [3.63, 3.8) is 0 Å². The van der Waals surface area contributed by atoms with E-state index >= 15 is 0 Å². The number of hydrogen-bond acceptors (Lipinski definition) is 4. The molecule has 2 aromatic carbocycles. The first-order valence-corrected chi connectivity index (χ1v) is 6.83. The second-order valence-electron chi connectivity index (χ2n) is 4.57. The Kier molecular flexibility index (Phi) is 5.29. The zero-order chi connectivity index (χ0) is 15.1. The molecule has 0 fully saturated rings. The van der Waals surface area contributed by atoms with Gasteiger partial charge in [0.05, 0.1) is 11.5 Å². The lowest BCUT2D eigenvalue weighted by atomic mass is 10.1. The van der Waals surface area contributed by atoms with Crippen LogP contribution < -0.4 is 5.32 Å². The molecule has 110 valence electrons. The molecule has 0 aliphatic carbocycles. The summed E-state index contributed by atoms with van der Waals surface area (Å²) in [5.74, 6) is 0. The smallest absolute Gasteiger partial charge is 0.269 e. The van der Waals surface area contributed by atoms with Crippen LogP contribution in [-0.2, 0) is 17.9 Å². The fourth-order valence-corrected chi connectivity index (χ4v) is 2.01. The van der Waals surface area contributed by atoms with Gasteiger partial charge in [-0.3, -0.25) is 10.1 Å². The van der Waals surface area contributed by atoms with Gasteiger partial charge in [0.1, 0.15) is 0 Å². The van der Waals surface area contributed by atoms with Crippen molar-refractivity contribution >= 4 is 11.4 Å². The highest BCUT2D eigenvalue weighted by atomic mass is 16.6. The highest BCUT2D eigenvalue weighted by Gasteiger charge is 2.06. The molecule has 0 heterocycles. The summed E-state index contributed by atoms with van der Waals surface area (Å²) in [6, 6.07) is 14.5. The molecule has 0 unspecified atom stereocenters. The molecule has 1 N–H and O–H groups in total. The Balaban J connectivity index is 2.06. The molecule has 0 aromatic heterocycles. The fraction of sp³-hybridized carbons (Fsp3) is 0.250. The molecule has 0 aliphatic rings. The molecule has 0 aliphatic heterocycles. The van der Waals surface area contributed by atoms with Gasteiger partial charge >= 0.3 is 0 Å². The monoisotopic (exact) mass is 286 g/mol. The molecular formula is C16H18N2O3. The summed E-state index contributed by atoms with van der Waals surface area (Å²) in [6.07, 6.45) is 0. The van der Waals surface area contributed by atoms with Crippen LogP contribution in [0.1, 0.15) is 18.1 Å². The topological polar surface area (TPSA) is 64.4 Å². The predicted octanol–water partition coefficient (Wildman–Crippen LogP) is 3.74. The summed E-state index contributed by atoms with van der Waals surface area (Å²) in [7, 11) is 0. The van der Waals surface area contributed by atoms with Gasteiger partial charge in [0.15, 0.2) is 0 Å². The first-order valence-electron chi connectivity index (χ1n) is 6.83. The standard InChI is InChI=1S/C16H18N2O3/c1-2-21-12-14-7-3-4-9-16(14)17-11-13-6-5-8-15(10-13)18(19)20/h3-10,17H,2,11-12H2,1H3. The van der Waals surface area contributed by atoms with Crippen molar-refractivity contribution in [2.75, 3.05) is 11.9 Å². The summed E-state index contributed by atoms with van der Waals surface area (Å²) in [5.41, 5.74) is 3.04. The fourth-order valence-electron chi connectivity index (χ4n) is 2.01. The molecule has 0 radical (unpaired) electrons. The maximum atomic E-state index is 10.8. The molecule has 0 atom stereocenters. The van der Waals surface area contributed by atoms with Crippen LogP contribution in [0.25, 0.3) is 0 Å². The van der Waals surface area contributed by atoms with Crippen LogP contribution in [0.2, 0.25) is 0 Å². The summed E-state index contributed by atoms with van der Waals surface area (Å²) in [5, 5.41) is 14.1. The molecule has 2 rings (SSSR count). The molecule has 5 heteroatoms. The van der Waals surface area contributed by atoms with Crippen molar-refractivity contribution in [3.05, 3.63) is 69.8 Å². The van der Waals surface area contributed by atoms with Crippen molar-refractivity contribution in [3.8, 4) is 0 Å². The predicted molar refractivity (Wildman–Crippen MR) is 82.2 cm³/mol. The number of ether oxygens (including phenoxy) is 1. The van der Waals surface area contributed by atoms with Crippen LogP contribution in [0.3, 0.4) is 0 Å². The van der Waals surface area contributed by atoms with E-state index in [9.17, 15) is 10.1 Å². The lowest BCUT2D eigenvalue weighted by Gasteiger charge is -2.12. The summed E-state index contributed by atoms with van der Waals surface area (Å²) < 4.78 is 5.43. The van der Waals surface area contributed by atoms with Gasteiger partial charge in [-0.15, -0.1) is 0 Å². The Morgan fingerprint density at radius 1 is 1.19 bits per heavy atom. The van der Waals surface area contributed by atoms with E-state index in [4.69, 9.17) is 4.74 Å². The Morgan fingerprint density at radius 3 is 2.76 bits per heavy atom. The Hall–Kier alpha value is -2.40. The van der Waals surface area contributed by atoms with E-state index in [1.165, 1.54) is 6.07 Å². The molecule has 0 saturated heterocycles. The van der Waals surface area contributed by atoms with Crippen LogP contribution in [0.5, 0.6) is 0 Å². The number of non-ortho nitro benzene ring substituents is 1. The second kappa shape index (κ2) is 7.40. The molecule has 2 aromatic rings. The third-order valence-electron chi connectivity index (χ3n) is 3.08. The minimum Gasteiger partial charge on any atom is -0.381 e. The number of hydrogen-bond donors (Lipinski definition) is 1. The number of nitrogens with zero attached hydrogens (tertiary/aromatic N) is 1. The molecule has 0 saturated carbocycles. The Labute approximate surface area is 123 Å². The van der Waals surface area contributed by atoms with Gasteiger partial charge in [-0.2, -0.15) is 0 Å². The number of para-hydroxylation sites is 1. The summed E-state index contributed by atoms with van der Waals surface area (Å²) in [4.78, 5) is 10.4. The zero-order valence-corrected chi connectivity index (χ0v) is 11.9. The lowest BCUT2D eigenvalue weighted by molar-refractivity contribution is -0.384. The van der Waals surface area contributed by atoms with Gasteiger partial charge in [-0.25, -0.2) is 0 Å². The summed E-state index contributed by atoms with van der Waals surface area (Å²) >= 11 is 0. The largest absolute Gasteiger partial charge is 0.381 e. The van der Waals surface area contributed by atoms with E-state index in [2.05, 4.69) is 5.32 Å². The van der Waals surface area contributed by atoms with Crippen molar-refractivity contribution < 1.29 is 9.66 Å². The minimum absolute atomic E-state index is 0.108. The summed E-state index contributed by atoms with van der Waals surface area (Å²) in [6.45, 7) is 3.71. The first kappa shape index (κ1) is 15.0. The van der Waals surface area contributed by atoms with Gasteiger partial charge < -0.3 is 10.1 Å². The van der Waals surface area contributed by atoms with Gasteiger partial charge in [0.25, 0.3) is 5.69 Å². The van der Waals surface area contributed by atoms with Gasteiger partial charge in [0, 0.05) is 36.5 Å². The van der Waals surface area contributed by atoms with E-state index in [1.807, 2.05) is 37.3 Å². The van der Waals surface area contributed by atoms with Crippen molar-refractivity contribution in [2.45, 2.75) is 20.1 Å². The van der Waals surface area contributed by atoms with Gasteiger partial charge in [-0.1, -0.05) is 30.3 Å². The first-order chi connectivity index (χ1) is 10.2. The molecule has 0 amide bonds. The normalized spacial score (nSPS) is 10.3. The van der Waals surface area contributed by atoms with E-state index in [1.54, 1.807) is 12.1 Å².